The molecule has 0 bridgehead atoms. The summed E-state index contributed by atoms with van der Waals surface area (Å²) in [7, 11) is 3.76. The van der Waals surface area contributed by atoms with Gasteiger partial charge in [-0.2, -0.15) is 4.98 Å². The van der Waals surface area contributed by atoms with E-state index >= 15 is 0 Å². The highest BCUT2D eigenvalue weighted by atomic mass is 19.1. The molecule has 2 heterocycles. The largest absolute Gasteiger partial charge is 0.361 e. The van der Waals surface area contributed by atoms with E-state index in [0.29, 0.717) is 17.5 Å². The third-order valence-electron chi connectivity index (χ3n) is 4.12. The van der Waals surface area contributed by atoms with Gasteiger partial charge in [0.05, 0.1) is 12.6 Å². The number of nitrogens with zero attached hydrogens (tertiary/aromatic N) is 4. The summed E-state index contributed by atoms with van der Waals surface area (Å²) in [4.78, 5) is 25.3. The maximum Gasteiger partial charge on any atom is 0.228 e. The van der Waals surface area contributed by atoms with Gasteiger partial charge in [0.15, 0.2) is 5.82 Å². The topological polar surface area (TPSA) is 61.4 Å². The molecule has 7 heteroatoms. The van der Waals surface area contributed by atoms with Gasteiger partial charge >= 0.3 is 0 Å². The number of carbonyl (C=O) groups excluding carboxylic acids is 1. The van der Waals surface area contributed by atoms with Crippen molar-refractivity contribution in [1.29, 1.82) is 0 Å². The zero-order valence-corrected chi connectivity index (χ0v) is 14.5. The number of rotatable bonds is 5. The van der Waals surface area contributed by atoms with Gasteiger partial charge in [0.2, 0.25) is 11.9 Å². The van der Waals surface area contributed by atoms with Crippen LogP contribution >= 0.6 is 0 Å². The Labute approximate surface area is 146 Å². The first kappa shape index (κ1) is 17.1. The van der Waals surface area contributed by atoms with Crippen molar-refractivity contribution in [3.05, 3.63) is 41.8 Å². The normalized spacial score (nSPS) is 13.8. The van der Waals surface area contributed by atoms with Gasteiger partial charge in [0.1, 0.15) is 11.5 Å². The molecule has 25 heavy (non-hydrogen) atoms. The molecule has 1 aromatic heterocycles. The zero-order valence-electron chi connectivity index (χ0n) is 14.5. The average Bonchev–Trinajstić information content (AvgIpc) is 3.11. The summed E-state index contributed by atoms with van der Waals surface area (Å²) in [6.45, 7) is 1.92. The molecule has 1 aliphatic heterocycles. The molecule has 3 rings (SSSR count). The molecule has 1 fully saturated rings. The van der Waals surface area contributed by atoms with Crippen LogP contribution in [-0.4, -0.2) is 43.1 Å². The molecule has 1 amide bonds. The standard InChI is InChI=1S/C18H22FN5O/c1-23(2)17-15(12-20-18(22-17)24-9-3-4-10-24)21-16(25)11-13-5-7-14(19)8-6-13/h5-8,12H,3-4,9-11H2,1-2H3,(H,21,25). The summed E-state index contributed by atoms with van der Waals surface area (Å²) in [5, 5.41) is 2.85. The van der Waals surface area contributed by atoms with Crippen molar-refractivity contribution in [2.75, 3.05) is 42.3 Å². The van der Waals surface area contributed by atoms with E-state index in [-0.39, 0.29) is 18.1 Å². The number of anilines is 3. The predicted octanol–water partition coefficient (Wildman–Crippen LogP) is 2.46. The van der Waals surface area contributed by atoms with E-state index in [2.05, 4.69) is 20.2 Å². The summed E-state index contributed by atoms with van der Waals surface area (Å²) >= 11 is 0. The molecule has 1 aromatic carbocycles. The molecule has 1 saturated heterocycles. The van der Waals surface area contributed by atoms with E-state index in [1.807, 2.05) is 19.0 Å². The van der Waals surface area contributed by atoms with E-state index in [9.17, 15) is 9.18 Å². The zero-order chi connectivity index (χ0) is 17.8. The van der Waals surface area contributed by atoms with Crippen molar-refractivity contribution in [3.63, 3.8) is 0 Å². The van der Waals surface area contributed by atoms with Crippen LogP contribution in [0.4, 0.5) is 21.8 Å². The SMILES string of the molecule is CN(C)c1nc(N2CCCC2)ncc1NC(=O)Cc1ccc(F)cc1. The molecule has 0 spiro atoms. The molecule has 132 valence electrons. The molecular weight excluding hydrogens is 321 g/mol. The second-order valence-corrected chi connectivity index (χ2v) is 6.35. The fraction of sp³-hybridized carbons (Fsp3) is 0.389. The van der Waals surface area contributed by atoms with Crippen LogP contribution in [0.5, 0.6) is 0 Å². The van der Waals surface area contributed by atoms with Crippen LogP contribution in [0.1, 0.15) is 18.4 Å². The summed E-state index contributed by atoms with van der Waals surface area (Å²) in [5.41, 5.74) is 1.32. The monoisotopic (exact) mass is 343 g/mol. The Morgan fingerprint density at radius 2 is 1.92 bits per heavy atom. The van der Waals surface area contributed by atoms with Crippen molar-refractivity contribution in [1.82, 2.24) is 9.97 Å². The highest BCUT2D eigenvalue weighted by Crippen LogP contribution is 2.25. The van der Waals surface area contributed by atoms with Crippen molar-refractivity contribution in [3.8, 4) is 0 Å². The van der Waals surface area contributed by atoms with E-state index in [0.717, 1.165) is 31.5 Å². The average molecular weight is 343 g/mol. The van der Waals surface area contributed by atoms with Crippen molar-refractivity contribution in [2.45, 2.75) is 19.3 Å². The van der Waals surface area contributed by atoms with E-state index in [4.69, 9.17) is 0 Å². The van der Waals surface area contributed by atoms with E-state index < -0.39 is 0 Å². The van der Waals surface area contributed by atoms with Crippen LogP contribution in [0.2, 0.25) is 0 Å². The van der Waals surface area contributed by atoms with Crippen LogP contribution < -0.4 is 15.1 Å². The van der Waals surface area contributed by atoms with Crippen LogP contribution in [0, 0.1) is 5.82 Å². The van der Waals surface area contributed by atoms with E-state index in [1.165, 1.54) is 12.1 Å². The minimum atomic E-state index is -0.315. The number of hydrogen-bond donors (Lipinski definition) is 1. The second-order valence-electron chi connectivity index (χ2n) is 6.35. The molecule has 0 unspecified atom stereocenters. The molecule has 1 aliphatic rings. The Balaban J connectivity index is 1.74. The Morgan fingerprint density at radius 3 is 2.56 bits per heavy atom. The molecule has 0 radical (unpaired) electrons. The Bertz CT molecular complexity index is 742. The lowest BCUT2D eigenvalue weighted by Crippen LogP contribution is -2.24. The van der Waals surface area contributed by atoms with Gasteiger partial charge < -0.3 is 15.1 Å². The van der Waals surface area contributed by atoms with Gasteiger partial charge in [0, 0.05) is 27.2 Å². The van der Waals surface area contributed by atoms with Gasteiger partial charge in [-0.3, -0.25) is 4.79 Å². The molecular formula is C18H22FN5O. The number of nitrogens with one attached hydrogen (secondary N) is 1. The van der Waals surface area contributed by atoms with E-state index in [1.54, 1.807) is 18.3 Å². The van der Waals surface area contributed by atoms with Crippen LogP contribution in [0.25, 0.3) is 0 Å². The van der Waals surface area contributed by atoms with Crippen molar-refractivity contribution < 1.29 is 9.18 Å². The maximum absolute atomic E-state index is 13.0. The summed E-state index contributed by atoms with van der Waals surface area (Å²) in [5.74, 6) is 0.860. The first-order chi connectivity index (χ1) is 12.0. The molecule has 1 N–H and O–H groups in total. The lowest BCUT2D eigenvalue weighted by atomic mass is 10.1. The Hall–Kier alpha value is -2.70. The first-order valence-electron chi connectivity index (χ1n) is 8.36. The Kier molecular flexibility index (Phi) is 5.11. The fourth-order valence-corrected chi connectivity index (χ4v) is 2.84. The fourth-order valence-electron chi connectivity index (χ4n) is 2.84. The predicted molar refractivity (Wildman–Crippen MR) is 96.5 cm³/mol. The van der Waals surface area contributed by atoms with Gasteiger partial charge in [-0.15, -0.1) is 0 Å². The highest BCUT2D eigenvalue weighted by molar-refractivity contribution is 5.94. The van der Waals surface area contributed by atoms with Crippen molar-refractivity contribution >= 4 is 23.4 Å². The number of carbonyl (C=O) groups is 1. The molecule has 0 aliphatic carbocycles. The number of halogens is 1. The number of aromatic nitrogens is 2. The quantitative estimate of drug-likeness (QED) is 0.904. The van der Waals surface area contributed by atoms with Gasteiger partial charge in [-0.25, -0.2) is 9.37 Å². The second kappa shape index (κ2) is 7.46. The third-order valence-corrected chi connectivity index (χ3v) is 4.12. The van der Waals surface area contributed by atoms with Crippen LogP contribution in [-0.2, 0) is 11.2 Å². The van der Waals surface area contributed by atoms with Crippen LogP contribution in [0.15, 0.2) is 30.5 Å². The third kappa shape index (κ3) is 4.23. The minimum absolute atomic E-state index is 0.168. The van der Waals surface area contributed by atoms with Gasteiger partial charge in [-0.05, 0) is 30.5 Å². The highest BCUT2D eigenvalue weighted by Gasteiger charge is 2.18. The lowest BCUT2D eigenvalue weighted by Gasteiger charge is -2.21. The van der Waals surface area contributed by atoms with Crippen LogP contribution in [0.3, 0.4) is 0 Å². The summed E-state index contributed by atoms with van der Waals surface area (Å²) in [6.07, 6.45) is 4.12. The maximum atomic E-state index is 13.0. The Morgan fingerprint density at radius 1 is 1.24 bits per heavy atom. The van der Waals surface area contributed by atoms with Gasteiger partial charge in [-0.1, -0.05) is 12.1 Å². The van der Waals surface area contributed by atoms with Gasteiger partial charge in [0.25, 0.3) is 0 Å². The number of benzene rings is 1. The summed E-state index contributed by atoms with van der Waals surface area (Å²) < 4.78 is 13.0. The summed E-state index contributed by atoms with van der Waals surface area (Å²) in [6, 6.07) is 5.91. The minimum Gasteiger partial charge on any atom is -0.361 e. The molecule has 6 nitrogen and oxygen atoms in total. The molecule has 2 aromatic rings. The molecule has 0 saturated carbocycles. The lowest BCUT2D eigenvalue weighted by molar-refractivity contribution is -0.115. The molecule has 0 atom stereocenters. The number of amides is 1. The van der Waals surface area contributed by atoms with Crippen molar-refractivity contribution in [2.24, 2.45) is 0 Å². The first-order valence-corrected chi connectivity index (χ1v) is 8.36. The smallest absolute Gasteiger partial charge is 0.228 e. The number of hydrogen-bond acceptors (Lipinski definition) is 5.